The average Bonchev–Trinajstić information content (AvgIpc) is 3.31. The summed E-state index contributed by atoms with van der Waals surface area (Å²) >= 11 is 0. The Balaban J connectivity index is 1.65. The average molecular weight is 312 g/mol. The highest BCUT2D eigenvalue weighted by atomic mass is 16.2. The molecule has 0 aliphatic heterocycles. The number of carbonyl (C=O) groups excluding carboxylic acids is 1. The lowest BCUT2D eigenvalue weighted by atomic mass is 10.1. The summed E-state index contributed by atoms with van der Waals surface area (Å²) in [6.07, 6.45) is 2.08. The molecule has 3 rings (SSSR count). The van der Waals surface area contributed by atoms with Crippen molar-refractivity contribution in [2.75, 3.05) is 14.1 Å². The number of hydrogen-bond donors (Lipinski definition) is 1. The predicted octanol–water partition coefficient (Wildman–Crippen LogP) is 2.17. The van der Waals surface area contributed by atoms with Gasteiger partial charge in [-0.25, -0.2) is 0 Å². The largest absolute Gasteiger partial charge is 0.352 e. The normalized spacial score (nSPS) is 14.3. The first-order valence-electron chi connectivity index (χ1n) is 8.07. The lowest BCUT2D eigenvalue weighted by Crippen LogP contribution is -2.24. The predicted molar refractivity (Wildman–Crippen MR) is 90.6 cm³/mol. The Morgan fingerprint density at radius 3 is 2.61 bits per heavy atom. The number of benzene rings is 1. The van der Waals surface area contributed by atoms with E-state index in [-0.39, 0.29) is 11.8 Å². The number of nitrogens with one attached hydrogen (secondary N) is 1. The second-order valence-electron chi connectivity index (χ2n) is 6.57. The van der Waals surface area contributed by atoms with Gasteiger partial charge in [0.1, 0.15) is 0 Å². The molecule has 0 spiro atoms. The lowest BCUT2D eigenvalue weighted by molar-refractivity contribution is -0.122. The van der Waals surface area contributed by atoms with Crippen LogP contribution in [0.3, 0.4) is 0 Å². The summed E-state index contributed by atoms with van der Waals surface area (Å²) < 4.78 is 1.93. The van der Waals surface area contributed by atoms with Crippen LogP contribution in [0.4, 0.5) is 0 Å². The van der Waals surface area contributed by atoms with Crippen LogP contribution < -0.4 is 5.32 Å². The number of nitrogens with zero attached hydrogens (tertiary/aromatic N) is 3. The van der Waals surface area contributed by atoms with Crippen molar-refractivity contribution in [2.45, 2.75) is 25.9 Å². The third-order valence-corrected chi connectivity index (χ3v) is 4.12. The number of amides is 1. The van der Waals surface area contributed by atoms with Gasteiger partial charge in [-0.3, -0.25) is 9.48 Å². The molecule has 23 heavy (non-hydrogen) atoms. The number of carbonyl (C=O) groups is 1. The zero-order valence-electron chi connectivity index (χ0n) is 14.0. The van der Waals surface area contributed by atoms with E-state index in [0.29, 0.717) is 6.54 Å². The molecule has 0 atom stereocenters. The molecule has 1 aliphatic carbocycles. The molecule has 1 N–H and O–H groups in total. The molecule has 1 aromatic heterocycles. The maximum absolute atomic E-state index is 11.7. The van der Waals surface area contributed by atoms with Crippen LogP contribution in [0, 0.1) is 5.92 Å². The molecule has 0 unspecified atom stereocenters. The summed E-state index contributed by atoms with van der Waals surface area (Å²) in [4.78, 5) is 13.8. The first-order chi connectivity index (χ1) is 11.0. The number of rotatable bonds is 6. The van der Waals surface area contributed by atoms with Crippen LogP contribution in [-0.2, 0) is 24.9 Å². The van der Waals surface area contributed by atoms with Gasteiger partial charge < -0.3 is 10.2 Å². The maximum atomic E-state index is 11.7. The van der Waals surface area contributed by atoms with Crippen LogP contribution in [0.15, 0.2) is 30.3 Å². The van der Waals surface area contributed by atoms with Gasteiger partial charge in [0.15, 0.2) is 0 Å². The highest BCUT2D eigenvalue weighted by Gasteiger charge is 2.29. The standard InChI is InChI=1S/C18H24N4O/c1-21(2)12-16-10-17(20-22(16)3)14-6-4-13(5-7-14)11-19-18(23)15-8-9-15/h4-7,10,15H,8-9,11-12H2,1-3H3,(H,19,23). The first kappa shape index (κ1) is 15.7. The summed E-state index contributed by atoms with van der Waals surface area (Å²) in [5.74, 6) is 0.449. The molecule has 2 aromatic rings. The Kier molecular flexibility index (Phi) is 4.48. The Bertz CT molecular complexity index is 684. The maximum Gasteiger partial charge on any atom is 0.223 e. The van der Waals surface area contributed by atoms with Gasteiger partial charge >= 0.3 is 0 Å². The minimum absolute atomic E-state index is 0.187. The van der Waals surface area contributed by atoms with E-state index in [1.54, 1.807) is 0 Å². The van der Waals surface area contributed by atoms with Crippen LogP contribution in [-0.4, -0.2) is 34.7 Å². The van der Waals surface area contributed by atoms with Gasteiger partial charge in [0.05, 0.1) is 11.4 Å². The van der Waals surface area contributed by atoms with Crippen molar-refractivity contribution < 1.29 is 4.79 Å². The van der Waals surface area contributed by atoms with Crippen molar-refractivity contribution in [3.8, 4) is 11.3 Å². The van der Waals surface area contributed by atoms with Crippen LogP contribution in [0.2, 0.25) is 0 Å². The fraction of sp³-hybridized carbons (Fsp3) is 0.444. The van der Waals surface area contributed by atoms with Gasteiger partial charge in [-0.2, -0.15) is 5.10 Å². The fourth-order valence-corrected chi connectivity index (χ4v) is 2.59. The van der Waals surface area contributed by atoms with Gasteiger partial charge in [-0.15, -0.1) is 0 Å². The molecule has 1 amide bonds. The van der Waals surface area contributed by atoms with Gasteiger partial charge in [0.25, 0.3) is 0 Å². The van der Waals surface area contributed by atoms with Crippen LogP contribution in [0.1, 0.15) is 24.1 Å². The van der Waals surface area contributed by atoms with E-state index in [4.69, 9.17) is 0 Å². The van der Waals surface area contributed by atoms with Crippen LogP contribution in [0.5, 0.6) is 0 Å². The molecular formula is C18H24N4O. The van der Waals surface area contributed by atoms with Crippen molar-refractivity contribution in [1.82, 2.24) is 20.0 Å². The fourth-order valence-electron chi connectivity index (χ4n) is 2.59. The topological polar surface area (TPSA) is 50.2 Å². The molecule has 0 saturated heterocycles. The zero-order valence-corrected chi connectivity index (χ0v) is 14.0. The number of hydrogen-bond acceptors (Lipinski definition) is 3. The van der Waals surface area contributed by atoms with Crippen molar-refractivity contribution in [1.29, 1.82) is 0 Å². The lowest BCUT2D eigenvalue weighted by Gasteiger charge is -2.08. The first-order valence-corrected chi connectivity index (χ1v) is 8.07. The third-order valence-electron chi connectivity index (χ3n) is 4.12. The summed E-state index contributed by atoms with van der Waals surface area (Å²) in [5, 5.41) is 7.58. The molecule has 1 heterocycles. The molecule has 1 aromatic carbocycles. The molecule has 5 heteroatoms. The van der Waals surface area contributed by atoms with Crippen molar-refractivity contribution in [3.05, 3.63) is 41.6 Å². The third kappa shape index (κ3) is 3.99. The van der Waals surface area contributed by atoms with Crippen molar-refractivity contribution in [2.24, 2.45) is 13.0 Å². The summed E-state index contributed by atoms with van der Waals surface area (Å²) in [6.45, 7) is 1.47. The Hall–Kier alpha value is -2.14. The summed E-state index contributed by atoms with van der Waals surface area (Å²) in [5.41, 5.74) is 4.39. The van der Waals surface area contributed by atoms with E-state index in [0.717, 1.165) is 36.2 Å². The summed E-state index contributed by atoms with van der Waals surface area (Å²) in [6, 6.07) is 10.4. The van der Waals surface area contributed by atoms with Crippen LogP contribution >= 0.6 is 0 Å². The number of aryl methyl sites for hydroxylation is 1. The van der Waals surface area contributed by atoms with E-state index >= 15 is 0 Å². The second kappa shape index (κ2) is 6.54. The molecule has 1 fully saturated rings. The molecular weight excluding hydrogens is 288 g/mol. The van der Waals surface area contributed by atoms with E-state index in [9.17, 15) is 4.79 Å². The Morgan fingerprint density at radius 2 is 2.00 bits per heavy atom. The highest BCUT2D eigenvalue weighted by molar-refractivity contribution is 5.80. The van der Waals surface area contributed by atoms with Gasteiger partial charge in [-0.1, -0.05) is 24.3 Å². The van der Waals surface area contributed by atoms with Crippen molar-refractivity contribution >= 4 is 5.91 Å². The molecule has 0 bridgehead atoms. The Labute approximate surface area is 137 Å². The number of aromatic nitrogens is 2. The van der Waals surface area contributed by atoms with Crippen molar-refractivity contribution in [3.63, 3.8) is 0 Å². The van der Waals surface area contributed by atoms with E-state index in [1.165, 1.54) is 5.69 Å². The van der Waals surface area contributed by atoms with Gasteiger partial charge in [0.2, 0.25) is 5.91 Å². The SMILES string of the molecule is CN(C)Cc1cc(-c2ccc(CNC(=O)C3CC3)cc2)nn1C. The molecule has 1 saturated carbocycles. The molecule has 122 valence electrons. The highest BCUT2D eigenvalue weighted by Crippen LogP contribution is 2.28. The van der Waals surface area contributed by atoms with E-state index in [2.05, 4.69) is 59.7 Å². The van der Waals surface area contributed by atoms with E-state index < -0.39 is 0 Å². The molecule has 1 aliphatic rings. The zero-order chi connectivity index (χ0) is 16.4. The summed E-state index contributed by atoms with van der Waals surface area (Å²) in [7, 11) is 6.08. The monoisotopic (exact) mass is 312 g/mol. The second-order valence-corrected chi connectivity index (χ2v) is 6.57. The van der Waals surface area contributed by atoms with E-state index in [1.807, 2.05) is 11.7 Å². The smallest absolute Gasteiger partial charge is 0.223 e. The minimum Gasteiger partial charge on any atom is -0.352 e. The molecule has 0 radical (unpaired) electrons. The van der Waals surface area contributed by atoms with Gasteiger partial charge in [-0.05, 0) is 38.6 Å². The minimum atomic E-state index is 0.187. The Morgan fingerprint density at radius 1 is 1.30 bits per heavy atom. The van der Waals surface area contributed by atoms with Gasteiger partial charge in [0, 0.05) is 31.6 Å². The van der Waals surface area contributed by atoms with Crippen LogP contribution in [0.25, 0.3) is 11.3 Å². The molecule has 5 nitrogen and oxygen atoms in total. The quantitative estimate of drug-likeness (QED) is 0.889.